The van der Waals surface area contributed by atoms with Gasteiger partial charge in [0.25, 0.3) is 0 Å². The first kappa shape index (κ1) is 12.4. The number of aliphatic hydroxyl groups excluding tert-OH is 1. The second kappa shape index (κ2) is 5.49. The molecule has 17 heavy (non-hydrogen) atoms. The number of hydrogen-bond donors (Lipinski definition) is 1. The Morgan fingerprint density at radius 1 is 1.29 bits per heavy atom. The SMILES string of the molecule is OCc1ccncc1Oc1ccc(Cl)cc1Br. The number of benzene rings is 1. The maximum absolute atomic E-state index is 9.17. The van der Waals surface area contributed by atoms with Gasteiger partial charge in [-0.1, -0.05) is 11.6 Å². The fourth-order valence-corrected chi connectivity index (χ4v) is 2.07. The van der Waals surface area contributed by atoms with E-state index in [2.05, 4.69) is 20.9 Å². The number of ether oxygens (including phenoxy) is 1. The quantitative estimate of drug-likeness (QED) is 0.937. The molecule has 1 N–H and O–H groups in total. The first-order valence-corrected chi connectivity index (χ1v) is 6.04. The average Bonchev–Trinajstić information content (AvgIpc) is 2.33. The second-order valence-corrected chi connectivity index (χ2v) is 4.61. The van der Waals surface area contributed by atoms with E-state index in [-0.39, 0.29) is 6.61 Å². The first-order valence-electron chi connectivity index (χ1n) is 4.87. The highest BCUT2D eigenvalue weighted by Gasteiger charge is 2.07. The van der Waals surface area contributed by atoms with E-state index in [9.17, 15) is 0 Å². The van der Waals surface area contributed by atoms with Crippen LogP contribution in [0.15, 0.2) is 41.1 Å². The second-order valence-electron chi connectivity index (χ2n) is 3.32. The molecule has 2 rings (SSSR count). The van der Waals surface area contributed by atoms with Crippen LogP contribution in [-0.2, 0) is 6.61 Å². The van der Waals surface area contributed by atoms with Crippen LogP contribution in [-0.4, -0.2) is 10.1 Å². The van der Waals surface area contributed by atoms with Crippen molar-refractivity contribution < 1.29 is 9.84 Å². The van der Waals surface area contributed by atoms with Gasteiger partial charge in [0, 0.05) is 16.8 Å². The highest BCUT2D eigenvalue weighted by Crippen LogP contribution is 2.32. The Morgan fingerprint density at radius 3 is 2.82 bits per heavy atom. The van der Waals surface area contributed by atoms with Gasteiger partial charge in [0.15, 0.2) is 5.75 Å². The average molecular weight is 315 g/mol. The summed E-state index contributed by atoms with van der Waals surface area (Å²) in [5.41, 5.74) is 0.682. The molecule has 0 bridgehead atoms. The highest BCUT2D eigenvalue weighted by molar-refractivity contribution is 9.10. The van der Waals surface area contributed by atoms with Crippen LogP contribution < -0.4 is 4.74 Å². The summed E-state index contributed by atoms with van der Waals surface area (Å²) in [6, 6.07) is 6.93. The lowest BCUT2D eigenvalue weighted by molar-refractivity contribution is 0.276. The van der Waals surface area contributed by atoms with Crippen molar-refractivity contribution in [2.75, 3.05) is 0 Å². The molecule has 88 valence electrons. The van der Waals surface area contributed by atoms with Crippen molar-refractivity contribution >= 4 is 27.5 Å². The molecule has 0 unspecified atom stereocenters. The molecular formula is C12H9BrClNO2. The topological polar surface area (TPSA) is 42.4 Å². The van der Waals surface area contributed by atoms with Crippen LogP contribution in [0.5, 0.6) is 11.5 Å². The number of halogens is 2. The normalized spacial score (nSPS) is 10.3. The monoisotopic (exact) mass is 313 g/mol. The Morgan fingerprint density at radius 2 is 2.12 bits per heavy atom. The minimum Gasteiger partial charge on any atom is -0.454 e. The Balaban J connectivity index is 2.31. The molecule has 0 atom stereocenters. The first-order chi connectivity index (χ1) is 8.20. The van der Waals surface area contributed by atoms with Crippen LogP contribution in [0, 0.1) is 0 Å². The van der Waals surface area contributed by atoms with Crippen LogP contribution in [0.3, 0.4) is 0 Å². The predicted molar refractivity (Wildman–Crippen MR) is 69.4 cm³/mol. The van der Waals surface area contributed by atoms with E-state index in [0.717, 1.165) is 4.47 Å². The third-order valence-corrected chi connectivity index (χ3v) is 3.01. The molecule has 0 aliphatic heterocycles. The molecule has 0 saturated carbocycles. The van der Waals surface area contributed by atoms with E-state index < -0.39 is 0 Å². The van der Waals surface area contributed by atoms with Gasteiger partial charge in [0.05, 0.1) is 17.3 Å². The van der Waals surface area contributed by atoms with Crippen molar-refractivity contribution in [3.05, 3.63) is 51.7 Å². The third kappa shape index (κ3) is 2.97. The lowest BCUT2D eigenvalue weighted by atomic mass is 10.2. The molecule has 0 spiro atoms. The number of aromatic nitrogens is 1. The number of hydrogen-bond acceptors (Lipinski definition) is 3. The Labute approximate surface area is 112 Å². The largest absolute Gasteiger partial charge is 0.454 e. The maximum atomic E-state index is 9.17. The molecule has 0 aliphatic carbocycles. The van der Waals surface area contributed by atoms with Gasteiger partial charge in [-0.25, -0.2) is 0 Å². The van der Waals surface area contributed by atoms with E-state index >= 15 is 0 Å². The van der Waals surface area contributed by atoms with Crippen LogP contribution in [0.2, 0.25) is 5.02 Å². The molecular weight excluding hydrogens is 305 g/mol. The van der Waals surface area contributed by atoms with E-state index in [1.807, 2.05) is 0 Å². The summed E-state index contributed by atoms with van der Waals surface area (Å²) in [7, 11) is 0. The molecule has 0 amide bonds. The summed E-state index contributed by atoms with van der Waals surface area (Å²) in [5.74, 6) is 1.15. The summed E-state index contributed by atoms with van der Waals surface area (Å²) < 4.78 is 6.41. The van der Waals surface area contributed by atoms with E-state index in [4.69, 9.17) is 21.4 Å². The molecule has 5 heteroatoms. The van der Waals surface area contributed by atoms with Crippen molar-refractivity contribution in [3.63, 3.8) is 0 Å². The third-order valence-electron chi connectivity index (χ3n) is 2.15. The summed E-state index contributed by atoms with van der Waals surface area (Å²) in [6.07, 6.45) is 3.17. The van der Waals surface area contributed by atoms with Crippen LogP contribution >= 0.6 is 27.5 Å². The molecule has 0 radical (unpaired) electrons. The Bertz CT molecular complexity index is 534. The summed E-state index contributed by atoms with van der Waals surface area (Å²) in [6.45, 7) is -0.0942. The minimum atomic E-state index is -0.0942. The smallest absolute Gasteiger partial charge is 0.151 e. The number of rotatable bonds is 3. The zero-order valence-electron chi connectivity index (χ0n) is 8.73. The maximum Gasteiger partial charge on any atom is 0.151 e. The zero-order valence-corrected chi connectivity index (χ0v) is 11.1. The number of pyridine rings is 1. The summed E-state index contributed by atoms with van der Waals surface area (Å²) in [5, 5.41) is 9.79. The lowest BCUT2D eigenvalue weighted by Crippen LogP contribution is -1.93. The molecule has 2 aromatic rings. The highest BCUT2D eigenvalue weighted by atomic mass is 79.9. The zero-order chi connectivity index (χ0) is 12.3. The van der Waals surface area contributed by atoms with Crippen molar-refractivity contribution in [2.24, 2.45) is 0 Å². The standard InChI is InChI=1S/C12H9BrClNO2/c13-10-5-9(14)1-2-11(10)17-12-6-15-4-3-8(12)7-16/h1-6,16H,7H2. The van der Waals surface area contributed by atoms with E-state index in [1.54, 1.807) is 36.7 Å². The van der Waals surface area contributed by atoms with E-state index in [1.165, 1.54) is 0 Å². The van der Waals surface area contributed by atoms with Gasteiger partial charge >= 0.3 is 0 Å². The Hall–Kier alpha value is -1.10. The molecule has 0 saturated heterocycles. The van der Waals surface area contributed by atoms with E-state index in [0.29, 0.717) is 22.1 Å². The van der Waals surface area contributed by atoms with Crippen LogP contribution in [0.4, 0.5) is 0 Å². The molecule has 1 aromatic carbocycles. The molecule has 0 fully saturated rings. The Kier molecular flexibility index (Phi) is 3.99. The van der Waals surface area contributed by atoms with Crippen molar-refractivity contribution in [1.29, 1.82) is 0 Å². The summed E-state index contributed by atoms with van der Waals surface area (Å²) in [4.78, 5) is 3.96. The van der Waals surface area contributed by atoms with Gasteiger partial charge in [-0.3, -0.25) is 4.98 Å². The van der Waals surface area contributed by atoms with Crippen LogP contribution in [0.1, 0.15) is 5.56 Å². The minimum absolute atomic E-state index is 0.0942. The lowest BCUT2D eigenvalue weighted by Gasteiger charge is -2.10. The van der Waals surface area contributed by atoms with Gasteiger partial charge in [0.2, 0.25) is 0 Å². The van der Waals surface area contributed by atoms with Gasteiger partial charge in [-0.2, -0.15) is 0 Å². The molecule has 3 nitrogen and oxygen atoms in total. The van der Waals surface area contributed by atoms with Gasteiger partial charge in [-0.05, 0) is 40.2 Å². The van der Waals surface area contributed by atoms with Gasteiger partial charge in [0.1, 0.15) is 5.75 Å². The fourth-order valence-electron chi connectivity index (χ4n) is 1.31. The summed E-state index contributed by atoms with van der Waals surface area (Å²) >= 11 is 9.20. The number of aliphatic hydroxyl groups is 1. The van der Waals surface area contributed by atoms with Crippen molar-refractivity contribution in [2.45, 2.75) is 6.61 Å². The van der Waals surface area contributed by atoms with Crippen molar-refractivity contribution in [1.82, 2.24) is 4.98 Å². The van der Waals surface area contributed by atoms with Gasteiger partial charge in [-0.15, -0.1) is 0 Å². The molecule has 1 aromatic heterocycles. The number of nitrogens with zero attached hydrogens (tertiary/aromatic N) is 1. The van der Waals surface area contributed by atoms with Crippen LogP contribution in [0.25, 0.3) is 0 Å². The molecule has 1 heterocycles. The fraction of sp³-hybridized carbons (Fsp3) is 0.0833. The predicted octanol–water partition coefficient (Wildman–Crippen LogP) is 3.78. The molecule has 0 aliphatic rings. The van der Waals surface area contributed by atoms with Gasteiger partial charge < -0.3 is 9.84 Å². The van der Waals surface area contributed by atoms with Crippen molar-refractivity contribution in [3.8, 4) is 11.5 Å².